The third-order valence-corrected chi connectivity index (χ3v) is 6.00. The highest BCUT2D eigenvalue weighted by atomic mass is 32.1. The van der Waals surface area contributed by atoms with Gasteiger partial charge in [-0.15, -0.1) is 21.5 Å². The Bertz CT molecular complexity index is 655. The molecule has 0 spiro atoms. The van der Waals surface area contributed by atoms with Crippen LogP contribution in [0.2, 0.25) is 0 Å². The van der Waals surface area contributed by atoms with Gasteiger partial charge in [-0.3, -0.25) is 4.90 Å². The summed E-state index contributed by atoms with van der Waals surface area (Å²) in [7, 11) is 0. The Morgan fingerprint density at radius 2 is 2.09 bits per heavy atom. The lowest BCUT2D eigenvalue weighted by Gasteiger charge is -2.31. The van der Waals surface area contributed by atoms with Crippen molar-refractivity contribution < 1.29 is 0 Å². The van der Waals surface area contributed by atoms with Crippen LogP contribution < -0.4 is 0 Å². The van der Waals surface area contributed by atoms with E-state index in [1.54, 1.807) is 0 Å². The summed E-state index contributed by atoms with van der Waals surface area (Å²) in [6, 6.07) is 0. The minimum Gasteiger partial charge on any atom is -0.315 e. The third kappa shape index (κ3) is 2.58. The molecular formula is C16H23N5S. The molecule has 6 heteroatoms. The lowest BCUT2D eigenvalue weighted by Crippen LogP contribution is -2.34. The zero-order valence-corrected chi connectivity index (χ0v) is 14.2. The highest BCUT2D eigenvalue weighted by Crippen LogP contribution is 2.29. The maximum Gasteiger partial charge on any atom is 0.137 e. The van der Waals surface area contributed by atoms with Crippen molar-refractivity contribution in [3.05, 3.63) is 27.2 Å². The number of likely N-dealkylation sites (tertiary alicyclic amines) is 1. The van der Waals surface area contributed by atoms with Crippen molar-refractivity contribution in [1.82, 2.24) is 24.6 Å². The van der Waals surface area contributed by atoms with Crippen molar-refractivity contribution in [2.24, 2.45) is 0 Å². The summed E-state index contributed by atoms with van der Waals surface area (Å²) >= 11 is 1.84. The molecule has 5 nitrogen and oxygen atoms in total. The molecule has 4 rings (SSSR count). The predicted octanol–water partition coefficient (Wildman–Crippen LogP) is 2.68. The van der Waals surface area contributed by atoms with E-state index in [0.29, 0.717) is 5.92 Å². The van der Waals surface area contributed by atoms with Gasteiger partial charge in [-0.05, 0) is 39.7 Å². The summed E-state index contributed by atoms with van der Waals surface area (Å²) in [5.74, 6) is 2.96. The monoisotopic (exact) mass is 317 g/mol. The Kier molecular flexibility index (Phi) is 3.74. The number of piperidine rings is 1. The van der Waals surface area contributed by atoms with E-state index in [1.165, 1.54) is 53.0 Å². The fraction of sp³-hybridized carbons (Fsp3) is 0.688. The van der Waals surface area contributed by atoms with E-state index in [4.69, 9.17) is 4.98 Å². The van der Waals surface area contributed by atoms with Crippen LogP contribution in [0.15, 0.2) is 0 Å². The van der Waals surface area contributed by atoms with Crippen LogP contribution >= 0.6 is 11.3 Å². The summed E-state index contributed by atoms with van der Waals surface area (Å²) < 4.78 is 2.37. The van der Waals surface area contributed by atoms with Gasteiger partial charge in [0.2, 0.25) is 0 Å². The normalized spacial score (nSPS) is 22.2. The van der Waals surface area contributed by atoms with E-state index in [1.807, 2.05) is 11.3 Å². The first-order chi connectivity index (χ1) is 10.7. The lowest BCUT2D eigenvalue weighted by molar-refractivity contribution is 0.194. The fourth-order valence-corrected chi connectivity index (χ4v) is 4.66. The van der Waals surface area contributed by atoms with Crippen molar-refractivity contribution in [2.75, 3.05) is 13.1 Å². The molecule has 118 valence electrons. The number of rotatable bonds is 3. The number of fused-ring (bicyclic) bond motifs is 1. The highest BCUT2D eigenvalue weighted by molar-refractivity contribution is 7.11. The van der Waals surface area contributed by atoms with Gasteiger partial charge in [0.1, 0.15) is 16.7 Å². The van der Waals surface area contributed by atoms with Crippen molar-refractivity contribution in [3.8, 4) is 0 Å². The first-order valence-corrected chi connectivity index (χ1v) is 9.09. The predicted molar refractivity (Wildman–Crippen MR) is 87.2 cm³/mol. The Labute approximate surface area is 135 Å². The van der Waals surface area contributed by atoms with E-state index >= 15 is 0 Å². The summed E-state index contributed by atoms with van der Waals surface area (Å²) in [6.45, 7) is 8.63. The first kappa shape index (κ1) is 14.3. The lowest BCUT2D eigenvalue weighted by atomic mass is 9.97. The number of hydrogen-bond donors (Lipinski definition) is 0. The van der Waals surface area contributed by atoms with Crippen LogP contribution in [-0.2, 0) is 19.5 Å². The molecule has 1 atom stereocenters. The number of nitrogens with zero attached hydrogens (tertiary/aromatic N) is 5. The van der Waals surface area contributed by atoms with Gasteiger partial charge in [0.05, 0.1) is 12.2 Å². The summed E-state index contributed by atoms with van der Waals surface area (Å²) in [5.41, 5.74) is 1.18. The molecule has 2 aliphatic rings. The van der Waals surface area contributed by atoms with E-state index in [9.17, 15) is 0 Å². The van der Waals surface area contributed by atoms with E-state index in [0.717, 1.165) is 26.1 Å². The smallest absolute Gasteiger partial charge is 0.137 e. The minimum atomic E-state index is 0.537. The van der Waals surface area contributed by atoms with Crippen LogP contribution in [-0.4, -0.2) is 37.7 Å². The van der Waals surface area contributed by atoms with Gasteiger partial charge in [-0.1, -0.05) is 0 Å². The molecule has 0 saturated carbocycles. The largest absolute Gasteiger partial charge is 0.315 e. The molecule has 22 heavy (non-hydrogen) atoms. The molecule has 0 aliphatic carbocycles. The number of thiazole rings is 1. The van der Waals surface area contributed by atoms with Crippen molar-refractivity contribution in [3.63, 3.8) is 0 Å². The summed E-state index contributed by atoms with van der Waals surface area (Å²) in [6.07, 6.45) is 4.81. The molecule has 0 unspecified atom stereocenters. The molecular weight excluding hydrogens is 294 g/mol. The zero-order valence-electron chi connectivity index (χ0n) is 13.4. The molecule has 4 heterocycles. The standard InChI is InChI=1S/C16H23N5S/c1-11-12(2)22-15(17-11)10-20-7-3-5-13(9-20)16-19-18-14-6-4-8-21(14)16/h13H,3-10H2,1-2H3/t13-/m1/s1. The zero-order chi connectivity index (χ0) is 15.1. The molecule has 1 fully saturated rings. The topological polar surface area (TPSA) is 46.8 Å². The summed E-state index contributed by atoms with van der Waals surface area (Å²) in [5, 5.41) is 10.1. The Morgan fingerprint density at radius 3 is 2.91 bits per heavy atom. The first-order valence-electron chi connectivity index (χ1n) is 8.28. The average Bonchev–Trinajstić information content (AvgIpc) is 3.16. The minimum absolute atomic E-state index is 0.537. The third-order valence-electron chi connectivity index (χ3n) is 4.94. The van der Waals surface area contributed by atoms with Crippen LogP contribution in [0.4, 0.5) is 0 Å². The molecule has 0 N–H and O–H groups in total. The van der Waals surface area contributed by atoms with Crippen LogP contribution in [0, 0.1) is 13.8 Å². The van der Waals surface area contributed by atoms with Crippen molar-refractivity contribution in [2.45, 2.75) is 58.5 Å². The number of aryl methyl sites for hydroxylation is 3. The molecule has 0 bridgehead atoms. The molecule has 0 aromatic carbocycles. The molecule has 2 aromatic rings. The van der Waals surface area contributed by atoms with Gasteiger partial charge in [-0.25, -0.2) is 4.98 Å². The fourth-order valence-electron chi connectivity index (χ4n) is 3.68. The average molecular weight is 317 g/mol. The molecule has 0 radical (unpaired) electrons. The second kappa shape index (κ2) is 5.74. The van der Waals surface area contributed by atoms with E-state index in [-0.39, 0.29) is 0 Å². The van der Waals surface area contributed by atoms with Gasteiger partial charge in [0, 0.05) is 30.3 Å². The van der Waals surface area contributed by atoms with Crippen LogP contribution in [0.3, 0.4) is 0 Å². The van der Waals surface area contributed by atoms with Gasteiger partial charge >= 0.3 is 0 Å². The summed E-state index contributed by atoms with van der Waals surface area (Å²) in [4.78, 5) is 8.58. The molecule has 2 aliphatic heterocycles. The SMILES string of the molecule is Cc1nc(CN2CCC[C@@H](c3nnc4n3CCC4)C2)sc1C. The molecule has 0 amide bonds. The van der Waals surface area contributed by atoms with Crippen LogP contribution in [0.5, 0.6) is 0 Å². The van der Waals surface area contributed by atoms with Crippen LogP contribution in [0.25, 0.3) is 0 Å². The van der Waals surface area contributed by atoms with Gasteiger partial charge < -0.3 is 4.57 Å². The number of hydrogen-bond acceptors (Lipinski definition) is 5. The van der Waals surface area contributed by atoms with E-state index < -0.39 is 0 Å². The Morgan fingerprint density at radius 1 is 1.18 bits per heavy atom. The maximum absolute atomic E-state index is 4.69. The van der Waals surface area contributed by atoms with E-state index in [2.05, 4.69) is 33.5 Å². The van der Waals surface area contributed by atoms with Crippen LogP contribution in [0.1, 0.15) is 52.4 Å². The van der Waals surface area contributed by atoms with Crippen molar-refractivity contribution >= 4 is 11.3 Å². The molecule has 2 aromatic heterocycles. The highest BCUT2D eigenvalue weighted by Gasteiger charge is 2.28. The van der Waals surface area contributed by atoms with Crippen molar-refractivity contribution in [1.29, 1.82) is 0 Å². The Hall–Kier alpha value is -1.27. The Balaban J connectivity index is 1.47. The van der Waals surface area contributed by atoms with Gasteiger partial charge in [0.15, 0.2) is 0 Å². The second-order valence-corrected chi connectivity index (χ2v) is 7.84. The van der Waals surface area contributed by atoms with Gasteiger partial charge in [0.25, 0.3) is 0 Å². The molecule has 1 saturated heterocycles. The number of aromatic nitrogens is 4. The quantitative estimate of drug-likeness (QED) is 0.873. The second-order valence-electron chi connectivity index (χ2n) is 6.55. The maximum atomic E-state index is 4.69. The van der Waals surface area contributed by atoms with Gasteiger partial charge in [-0.2, -0.15) is 0 Å².